The number of urea groups is 1. The second-order valence-corrected chi connectivity index (χ2v) is 7.55. The Hall–Kier alpha value is -3.34. The lowest BCUT2D eigenvalue weighted by molar-refractivity contribution is 0.188. The molecule has 1 N–H and O–H groups in total. The SMILES string of the molecule is COc1cccc(CC(C)NC(=O)N(Cc2cccnc2)Cc2ccccc2C)c1. The number of amides is 2. The van der Waals surface area contributed by atoms with E-state index in [-0.39, 0.29) is 12.1 Å². The number of aromatic nitrogens is 1. The van der Waals surface area contributed by atoms with Gasteiger partial charge < -0.3 is 15.0 Å². The number of benzene rings is 2. The van der Waals surface area contributed by atoms with Crippen molar-refractivity contribution in [2.75, 3.05) is 7.11 Å². The zero-order chi connectivity index (χ0) is 21.3. The highest BCUT2D eigenvalue weighted by molar-refractivity contribution is 5.74. The predicted octanol–water partition coefficient (Wildman–Crippen LogP) is 4.74. The zero-order valence-electron chi connectivity index (χ0n) is 17.8. The first-order valence-electron chi connectivity index (χ1n) is 10.2. The number of hydrogen-bond acceptors (Lipinski definition) is 3. The van der Waals surface area contributed by atoms with Gasteiger partial charge >= 0.3 is 6.03 Å². The highest BCUT2D eigenvalue weighted by Crippen LogP contribution is 2.16. The third kappa shape index (κ3) is 6.08. The zero-order valence-corrected chi connectivity index (χ0v) is 17.8. The molecule has 1 atom stereocenters. The molecule has 0 aliphatic carbocycles. The fourth-order valence-corrected chi connectivity index (χ4v) is 3.41. The van der Waals surface area contributed by atoms with Gasteiger partial charge in [-0.05, 0) is 60.7 Å². The van der Waals surface area contributed by atoms with Gasteiger partial charge in [-0.25, -0.2) is 4.79 Å². The summed E-state index contributed by atoms with van der Waals surface area (Å²) in [6, 6.07) is 19.9. The third-order valence-electron chi connectivity index (χ3n) is 5.05. The van der Waals surface area contributed by atoms with E-state index in [2.05, 4.69) is 29.4 Å². The van der Waals surface area contributed by atoms with Crippen LogP contribution in [-0.2, 0) is 19.5 Å². The summed E-state index contributed by atoms with van der Waals surface area (Å²) in [6.07, 6.45) is 4.28. The predicted molar refractivity (Wildman–Crippen MR) is 119 cm³/mol. The maximum absolute atomic E-state index is 13.2. The van der Waals surface area contributed by atoms with Crippen molar-refractivity contribution in [1.29, 1.82) is 0 Å². The lowest BCUT2D eigenvalue weighted by Crippen LogP contribution is -2.44. The molecular weight excluding hydrogens is 374 g/mol. The van der Waals surface area contributed by atoms with Crippen LogP contribution < -0.4 is 10.1 Å². The first-order valence-corrected chi connectivity index (χ1v) is 10.2. The van der Waals surface area contributed by atoms with Crippen molar-refractivity contribution in [3.63, 3.8) is 0 Å². The number of rotatable bonds is 8. The smallest absolute Gasteiger partial charge is 0.318 e. The van der Waals surface area contributed by atoms with Crippen LogP contribution in [0.1, 0.15) is 29.2 Å². The molecule has 0 fully saturated rings. The first kappa shape index (κ1) is 21.4. The summed E-state index contributed by atoms with van der Waals surface area (Å²) in [5.41, 5.74) is 4.43. The summed E-state index contributed by atoms with van der Waals surface area (Å²) in [5, 5.41) is 3.15. The molecule has 2 aromatic carbocycles. The lowest BCUT2D eigenvalue weighted by Gasteiger charge is -2.26. The van der Waals surface area contributed by atoms with E-state index in [1.165, 1.54) is 5.56 Å². The minimum Gasteiger partial charge on any atom is -0.497 e. The Morgan fingerprint density at radius 3 is 2.60 bits per heavy atom. The number of methoxy groups -OCH3 is 1. The van der Waals surface area contributed by atoms with Crippen LogP contribution in [0.25, 0.3) is 0 Å². The Morgan fingerprint density at radius 1 is 1.07 bits per heavy atom. The molecule has 1 heterocycles. The van der Waals surface area contributed by atoms with E-state index >= 15 is 0 Å². The lowest BCUT2D eigenvalue weighted by atomic mass is 10.1. The Bertz CT molecular complexity index is 959. The summed E-state index contributed by atoms with van der Waals surface area (Å²) in [6.45, 7) is 5.13. The summed E-state index contributed by atoms with van der Waals surface area (Å²) in [5.74, 6) is 0.823. The van der Waals surface area contributed by atoms with Crippen LogP contribution in [0.4, 0.5) is 4.79 Å². The molecule has 3 rings (SSSR count). The number of nitrogens with zero attached hydrogens (tertiary/aromatic N) is 2. The molecule has 5 heteroatoms. The van der Waals surface area contributed by atoms with Gasteiger partial charge in [0.2, 0.25) is 0 Å². The van der Waals surface area contributed by atoms with Gasteiger partial charge in [-0.15, -0.1) is 0 Å². The molecule has 0 saturated heterocycles. The van der Waals surface area contributed by atoms with Gasteiger partial charge in [0.15, 0.2) is 0 Å². The van der Waals surface area contributed by atoms with Crippen LogP contribution in [0, 0.1) is 6.92 Å². The van der Waals surface area contributed by atoms with E-state index in [9.17, 15) is 4.79 Å². The average molecular weight is 404 g/mol. The number of aryl methyl sites for hydroxylation is 1. The molecule has 5 nitrogen and oxygen atoms in total. The number of hydrogen-bond donors (Lipinski definition) is 1. The number of ether oxygens (including phenoxy) is 1. The van der Waals surface area contributed by atoms with Crippen molar-refractivity contribution in [1.82, 2.24) is 15.2 Å². The summed E-state index contributed by atoms with van der Waals surface area (Å²) in [7, 11) is 1.66. The van der Waals surface area contributed by atoms with Crippen LogP contribution in [0.3, 0.4) is 0 Å². The molecule has 0 aliphatic heterocycles. The summed E-state index contributed by atoms with van der Waals surface area (Å²) < 4.78 is 5.30. The molecular formula is C25H29N3O2. The maximum atomic E-state index is 13.2. The Balaban J connectivity index is 1.71. The molecule has 2 amide bonds. The average Bonchev–Trinajstić information content (AvgIpc) is 2.75. The number of nitrogens with one attached hydrogen (secondary N) is 1. The summed E-state index contributed by atoms with van der Waals surface area (Å²) in [4.78, 5) is 19.2. The Labute approximate surface area is 178 Å². The normalized spacial score (nSPS) is 11.6. The van der Waals surface area contributed by atoms with Gasteiger partial charge in [-0.2, -0.15) is 0 Å². The fraction of sp³-hybridized carbons (Fsp3) is 0.280. The second kappa shape index (κ2) is 10.4. The van der Waals surface area contributed by atoms with Crippen LogP contribution >= 0.6 is 0 Å². The van der Waals surface area contributed by atoms with Crippen LogP contribution in [0.2, 0.25) is 0 Å². The second-order valence-electron chi connectivity index (χ2n) is 7.55. The number of carbonyl (C=O) groups is 1. The van der Waals surface area contributed by atoms with E-state index in [1.807, 2.05) is 60.4 Å². The van der Waals surface area contributed by atoms with Crippen molar-refractivity contribution in [3.05, 3.63) is 95.3 Å². The maximum Gasteiger partial charge on any atom is 0.318 e. The van der Waals surface area contributed by atoms with Crippen molar-refractivity contribution in [3.8, 4) is 5.75 Å². The molecule has 0 saturated carbocycles. The van der Waals surface area contributed by atoms with Gasteiger partial charge in [0.1, 0.15) is 5.75 Å². The Kier molecular flexibility index (Phi) is 7.44. The topological polar surface area (TPSA) is 54.5 Å². The minimum atomic E-state index is -0.0856. The monoisotopic (exact) mass is 403 g/mol. The van der Waals surface area contributed by atoms with Crippen molar-refractivity contribution in [2.45, 2.75) is 39.4 Å². The highest BCUT2D eigenvalue weighted by Gasteiger charge is 2.18. The molecule has 3 aromatic rings. The molecule has 0 spiro atoms. The molecule has 0 radical (unpaired) electrons. The van der Waals surface area contributed by atoms with Crippen molar-refractivity contribution >= 4 is 6.03 Å². The molecule has 0 bridgehead atoms. The van der Waals surface area contributed by atoms with Crippen LogP contribution in [0.15, 0.2) is 73.1 Å². The molecule has 0 aliphatic rings. The van der Waals surface area contributed by atoms with E-state index < -0.39 is 0 Å². The summed E-state index contributed by atoms with van der Waals surface area (Å²) >= 11 is 0. The minimum absolute atomic E-state index is 0.0159. The highest BCUT2D eigenvalue weighted by atomic mass is 16.5. The van der Waals surface area contributed by atoms with Crippen molar-refractivity contribution in [2.24, 2.45) is 0 Å². The van der Waals surface area contributed by atoms with Gasteiger partial charge in [-0.1, -0.05) is 42.5 Å². The fourth-order valence-electron chi connectivity index (χ4n) is 3.41. The van der Waals surface area contributed by atoms with Crippen molar-refractivity contribution < 1.29 is 9.53 Å². The number of pyridine rings is 1. The van der Waals surface area contributed by atoms with Crippen LogP contribution in [-0.4, -0.2) is 29.1 Å². The largest absolute Gasteiger partial charge is 0.497 e. The quantitative estimate of drug-likeness (QED) is 0.591. The first-order chi connectivity index (χ1) is 14.5. The van der Waals surface area contributed by atoms with Gasteiger partial charge in [0.25, 0.3) is 0 Å². The molecule has 30 heavy (non-hydrogen) atoms. The molecule has 1 aromatic heterocycles. The van der Waals surface area contributed by atoms with Gasteiger partial charge in [-0.3, -0.25) is 4.98 Å². The standard InChI is InChI=1S/C25H29N3O2/c1-19-8-4-5-11-23(19)18-28(17-22-10-7-13-26-16-22)25(29)27-20(2)14-21-9-6-12-24(15-21)30-3/h4-13,15-16,20H,14,17-18H2,1-3H3,(H,27,29). The van der Waals surface area contributed by atoms with E-state index in [0.29, 0.717) is 13.1 Å². The van der Waals surface area contributed by atoms with E-state index in [0.717, 1.165) is 28.9 Å². The van der Waals surface area contributed by atoms with Gasteiger partial charge in [0, 0.05) is 31.5 Å². The number of carbonyl (C=O) groups excluding carboxylic acids is 1. The molecule has 156 valence electrons. The molecule has 1 unspecified atom stereocenters. The van der Waals surface area contributed by atoms with E-state index in [4.69, 9.17) is 4.74 Å². The van der Waals surface area contributed by atoms with Crippen LogP contribution in [0.5, 0.6) is 5.75 Å². The third-order valence-corrected chi connectivity index (χ3v) is 5.05. The Morgan fingerprint density at radius 2 is 1.87 bits per heavy atom. The van der Waals surface area contributed by atoms with E-state index in [1.54, 1.807) is 19.5 Å². The van der Waals surface area contributed by atoms with Gasteiger partial charge in [0.05, 0.1) is 7.11 Å².